The van der Waals surface area contributed by atoms with Crippen molar-refractivity contribution in [2.45, 2.75) is 32.9 Å². The van der Waals surface area contributed by atoms with Gasteiger partial charge in [-0.1, -0.05) is 6.58 Å². The molecule has 2 atom stereocenters. The normalized spacial score (nSPS) is 18.7. The van der Waals surface area contributed by atoms with Gasteiger partial charge >= 0.3 is 0 Å². The van der Waals surface area contributed by atoms with Crippen molar-refractivity contribution in [3.63, 3.8) is 0 Å². The van der Waals surface area contributed by atoms with Crippen molar-refractivity contribution in [2.75, 3.05) is 38.3 Å². The Hall–Kier alpha value is -3.62. The Morgan fingerprint density at radius 2 is 1.97 bits per heavy atom. The Morgan fingerprint density at radius 3 is 2.55 bits per heavy atom. The number of aromatic nitrogens is 2. The molecule has 206 valence electrons. The van der Waals surface area contributed by atoms with Gasteiger partial charge in [0.15, 0.2) is 5.82 Å². The van der Waals surface area contributed by atoms with Gasteiger partial charge < -0.3 is 21.5 Å². The molecule has 1 fully saturated rings. The number of rotatable bonds is 8. The third-order valence-electron chi connectivity index (χ3n) is 6.13. The van der Waals surface area contributed by atoms with Crippen molar-refractivity contribution in [3.05, 3.63) is 53.9 Å². The number of anilines is 2. The first kappa shape index (κ1) is 28.9. The van der Waals surface area contributed by atoms with Crippen LogP contribution in [0.25, 0.3) is 0 Å². The zero-order valence-corrected chi connectivity index (χ0v) is 23.0. The van der Waals surface area contributed by atoms with Crippen LogP contribution in [0.15, 0.2) is 46.9 Å². The second-order valence-electron chi connectivity index (χ2n) is 9.04. The summed E-state index contributed by atoms with van der Waals surface area (Å²) in [6.45, 7) is 10.5. The number of nitrogens with one attached hydrogen (secondary N) is 1. The molecule has 3 rings (SSSR count). The van der Waals surface area contributed by atoms with Crippen molar-refractivity contribution in [1.82, 2.24) is 19.2 Å². The minimum absolute atomic E-state index is 0.0287. The fourth-order valence-corrected chi connectivity index (χ4v) is 5.16. The third kappa shape index (κ3) is 7.02. The Kier molecular flexibility index (Phi) is 9.01. The zero-order chi connectivity index (χ0) is 28.2. The quantitative estimate of drug-likeness (QED) is 0.331. The number of aliphatic imine (C=N–C) groups is 2. The number of hydrogen-bond donors (Lipinski definition) is 3. The number of amidine groups is 2. The van der Waals surface area contributed by atoms with Gasteiger partial charge in [0.1, 0.15) is 23.3 Å². The van der Waals surface area contributed by atoms with Crippen LogP contribution in [0.4, 0.5) is 15.9 Å². The Morgan fingerprint density at radius 1 is 1.26 bits per heavy atom. The Labute approximate surface area is 222 Å². The predicted octanol–water partition coefficient (Wildman–Crippen LogP) is 1.95. The summed E-state index contributed by atoms with van der Waals surface area (Å²) in [6, 6.07) is 2.93. The van der Waals surface area contributed by atoms with Crippen molar-refractivity contribution in [3.8, 4) is 5.88 Å². The van der Waals surface area contributed by atoms with E-state index in [1.54, 1.807) is 13.1 Å². The van der Waals surface area contributed by atoms with E-state index in [1.165, 1.54) is 29.9 Å². The number of nitrogens with zero attached hydrogens (tertiary/aromatic N) is 6. The minimum atomic E-state index is -3.27. The second kappa shape index (κ2) is 11.8. The van der Waals surface area contributed by atoms with Gasteiger partial charge in [-0.2, -0.15) is 4.31 Å². The summed E-state index contributed by atoms with van der Waals surface area (Å²) in [5.41, 5.74) is 13.5. The highest BCUT2D eigenvalue weighted by molar-refractivity contribution is 7.88. The molecule has 0 amide bonds. The van der Waals surface area contributed by atoms with Gasteiger partial charge in [0, 0.05) is 44.0 Å². The summed E-state index contributed by atoms with van der Waals surface area (Å²) in [5.74, 6) is 0.0313. The largest absolute Gasteiger partial charge is 0.479 e. The van der Waals surface area contributed by atoms with E-state index in [4.69, 9.17) is 16.2 Å². The monoisotopic (exact) mass is 547 g/mol. The van der Waals surface area contributed by atoms with E-state index in [0.29, 0.717) is 42.5 Å². The van der Waals surface area contributed by atoms with E-state index in [2.05, 4.69) is 36.7 Å². The van der Waals surface area contributed by atoms with E-state index in [0.717, 1.165) is 5.56 Å². The molecule has 14 heteroatoms. The van der Waals surface area contributed by atoms with E-state index >= 15 is 0 Å². The van der Waals surface area contributed by atoms with E-state index in [9.17, 15) is 12.8 Å². The second-order valence-corrected chi connectivity index (χ2v) is 11.0. The first-order valence-corrected chi connectivity index (χ1v) is 13.7. The number of piperazine rings is 1. The molecule has 5 N–H and O–H groups in total. The smallest absolute Gasteiger partial charge is 0.250 e. The molecule has 38 heavy (non-hydrogen) atoms. The van der Waals surface area contributed by atoms with Crippen LogP contribution < -0.4 is 21.5 Å². The van der Waals surface area contributed by atoms with Crippen molar-refractivity contribution in [2.24, 2.45) is 21.5 Å². The lowest BCUT2D eigenvalue weighted by Gasteiger charge is -2.42. The van der Waals surface area contributed by atoms with Crippen molar-refractivity contribution >= 4 is 33.2 Å². The summed E-state index contributed by atoms with van der Waals surface area (Å²) in [7, 11) is -1.94. The molecule has 0 spiro atoms. The van der Waals surface area contributed by atoms with E-state index in [-0.39, 0.29) is 29.6 Å². The van der Waals surface area contributed by atoms with Crippen LogP contribution in [-0.2, 0) is 10.0 Å². The summed E-state index contributed by atoms with van der Waals surface area (Å²) in [5, 5.41) is 3.04. The number of pyridine rings is 2. The average Bonchev–Trinajstić information content (AvgIpc) is 2.82. The van der Waals surface area contributed by atoms with Gasteiger partial charge in [0.25, 0.3) is 0 Å². The molecule has 1 aliphatic rings. The number of hydrogen-bond acceptors (Lipinski definition) is 9. The molecule has 12 nitrogen and oxygen atoms in total. The van der Waals surface area contributed by atoms with E-state index < -0.39 is 15.8 Å². The van der Waals surface area contributed by atoms with Gasteiger partial charge in [-0.3, -0.25) is 4.90 Å². The molecule has 0 saturated carbocycles. The highest BCUT2D eigenvalue weighted by atomic mass is 32.2. The molecule has 0 aromatic carbocycles. The van der Waals surface area contributed by atoms with Gasteiger partial charge in [-0.15, -0.1) is 0 Å². The maximum atomic E-state index is 14.2. The lowest BCUT2D eigenvalue weighted by molar-refractivity contribution is 0.0905. The molecule has 1 saturated heterocycles. The van der Waals surface area contributed by atoms with Crippen LogP contribution in [0.5, 0.6) is 5.88 Å². The Bertz CT molecular complexity index is 1360. The zero-order valence-electron chi connectivity index (χ0n) is 22.1. The van der Waals surface area contributed by atoms with Crippen molar-refractivity contribution in [1.29, 1.82) is 0 Å². The van der Waals surface area contributed by atoms with Crippen LogP contribution >= 0.6 is 0 Å². The first-order valence-electron chi connectivity index (χ1n) is 11.8. The molecule has 1 aliphatic heterocycles. The standard InChI is InChI=1S/C24H34FN9O3S/c1-14-13-33(38(6,35)36)7-8-34(14)15(2)18-9-20(22(27)31-17(4)30-16(3)26)23(28-11-18)32-19-10-21(25)24(37-5)29-12-19/h9-12,14-15H,3,7-8,13,26H2,1-2,4-6H3,(H,28,32)(H2,27,30,31)/t14-,15-/m1/s1. The molecule has 0 radical (unpaired) electrons. The average molecular weight is 548 g/mol. The SMILES string of the molecule is C=C(N)/N=C(C)\N=C(/N)c1cc([C@@H](C)N2CCN(S(C)(=O)=O)C[C@H]2C)cnc1Nc1cnc(OC)c(F)c1. The predicted molar refractivity (Wildman–Crippen MR) is 146 cm³/mol. The van der Waals surface area contributed by atoms with Crippen LogP contribution in [0.1, 0.15) is 37.9 Å². The summed E-state index contributed by atoms with van der Waals surface area (Å²) in [6.07, 6.45) is 4.32. The van der Waals surface area contributed by atoms with Crippen LogP contribution in [0.3, 0.4) is 0 Å². The molecule has 0 bridgehead atoms. The summed E-state index contributed by atoms with van der Waals surface area (Å²) in [4.78, 5) is 19.0. The third-order valence-corrected chi connectivity index (χ3v) is 7.40. The lowest BCUT2D eigenvalue weighted by Crippen LogP contribution is -2.53. The number of sulfonamides is 1. The first-order chi connectivity index (χ1) is 17.8. The topological polar surface area (TPSA) is 164 Å². The summed E-state index contributed by atoms with van der Waals surface area (Å²) < 4.78 is 44.6. The maximum Gasteiger partial charge on any atom is 0.250 e. The fourth-order valence-electron chi connectivity index (χ4n) is 4.26. The van der Waals surface area contributed by atoms with Crippen LogP contribution in [0.2, 0.25) is 0 Å². The van der Waals surface area contributed by atoms with Crippen molar-refractivity contribution < 1.29 is 17.5 Å². The van der Waals surface area contributed by atoms with Gasteiger partial charge in [-0.25, -0.2) is 32.8 Å². The highest BCUT2D eigenvalue weighted by Gasteiger charge is 2.32. The van der Waals surface area contributed by atoms with Gasteiger partial charge in [0.05, 0.1) is 30.8 Å². The summed E-state index contributed by atoms with van der Waals surface area (Å²) >= 11 is 0. The maximum absolute atomic E-state index is 14.2. The van der Waals surface area contributed by atoms with Gasteiger partial charge in [-0.05, 0) is 32.4 Å². The molecule has 0 aliphatic carbocycles. The number of nitrogens with two attached hydrogens (primary N) is 2. The molecule has 2 aromatic heterocycles. The lowest BCUT2D eigenvalue weighted by atomic mass is 10.0. The number of halogens is 1. The molecule has 0 unspecified atom stereocenters. The Balaban J connectivity index is 1.98. The number of methoxy groups -OCH3 is 1. The molecule has 2 aromatic rings. The fraction of sp³-hybridized carbons (Fsp3) is 0.417. The van der Waals surface area contributed by atoms with Crippen LogP contribution in [0, 0.1) is 5.82 Å². The minimum Gasteiger partial charge on any atom is -0.479 e. The van der Waals surface area contributed by atoms with E-state index in [1.807, 2.05) is 19.9 Å². The molecular weight excluding hydrogens is 513 g/mol. The highest BCUT2D eigenvalue weighted by Crippen LogP contribution is 2.29. The van der Waals surface area contributed by atoms with Gasteiger partial charge in [0.2, 0.25) is 15.9 Å². The molecular formula is C24H34FN9O3S. The number of ether oxygens (including phenoxy) is 1. The van der Waals surface area contributed by atoms with Crippen LogP contribution in [-0.4, -0.2) is 78.3 Å². The molecule has 3 heterocycles.